The van der Waals surface area contributed by atoms with Crippen LogP contribution >= 0.6 is 11.6 Å². The molecule has 1 fully saturated rings. The number of fused-ring (bicyclic) bond motifs is 1. The molecule has 0 spiro atoms. The highest BCUT2D eigenvalue weighted by molar-refractivity contribution is 6.30. The molecule has 1 aliphatic heterocycles. The quantitative estimate of drug-likeness (QED) is 0.769. The second-order valence-corrected chi connectivity index (χ2v) is 6.93. The Morgan fingerprint density at radius 3 is 2.56 bits per heavy atom. The van der Waals surface area contributed by atoms with Crippen molar-refractivity contribution in [3.05, 3.63) is 53.6 Å². The van der Waals surface area contributed by atoms with E-state index in [2.05, 4.69) is 44.7 Å². The third-order valence-electron chi connectivity index (χ3n) is 4.91. The Kier molecular flexibility index (Phi) is 4.55. The summed E-state index contributed by atoms with van der Waals surface area (Å²) in [7, 11) is 2.03. The average molecular weight is 353 g/mol. The number of benzene rings is 2. The van der Waals surface area contributed by atoms with E-state index in [1.54, 1.807) is 0 Å². The predicted octanol–water partition coefficient (Wildman–Crippen LogP) is 4.14. The predicted molar refractivity (Wildman–Crippen MR) is 104 cm³/mol. The smallest absolute Gasteiger partial charge is 0.159 e. The topological polar surface area (TPSA) is 41.0 Å². The molecular formula is C20H21ClN4. The molecule has 25 heavy (non-hydrogen) atoms. The molecule has 5 heteroatoms. The fourth-order valence-corrected chi connectivity index (χ4v) is 3.68. The van der Waals surface area contributed by atoms with Crippen LogP contribution in [0.15, 0.2) is 48.5 Å². The molecule has 2 heterocycles. The zero-order valence-corrected chi connectivity index (χ0v) is 15.0. The number of anilines is 1. The van der Waals surface area contributed by atoms with Crippen molar-refractivity contribution in [2.45, 2.75) is 18.9 Å². The lowest BCUT2D eigenvalue weighted by molar-refractivity contribution is 0.447. The van der Waals surface area contributed by atoms with Crippen molar-refractivity contribution in [2.75, 3.05) is 25.0 Å². The summed E-state index contributed by atoms with van der Waals surface area (Å²) in [6.07, 6.45) is 2.38. The van der Waals surface area contributed by atoms with Crippen molar-refractivity contribution in [1.82, 2.24) is 15.5 Å². The maximum atomic E-state index is 6.02. The van der Waals surface area contributed by atoms with Crippen molar-refractivity contribution >= 4 is 28.2 Å². The Labute approximate surface area is 152 Å². The molecule has 128 valence electrons. The molecule has 0 amide bonds. The Hall–Kier alpha value is -2.17. The molecule has 0 saturated carbocycles. The van der Waals surface area contributed by atoms with Crippen molar-refractivity contribution < 1.29 is 0 Å². The summed E-state index contributed by atoms with van der Waals surface area (Å²) in [5.41, 5.74) is 1.93. The minimum Gasteiger partial charge on any atom is -0.353 e. The largest absolute Gasteiger partial charge is 0.353 e. The zero-order valence-electron chi connectivity index (χ0n) is 14.2. The second-order valence-electron chi connectivity index (χ2n) is 6.50. The van der Waals surface area contributed by atoms with Crippen LogP contribution in [-0.2, 0) is 0 Å². The Bertz CT molecular complexity index is 879. The van der Waals surface area contributed by atoms with Crippen molar-refractivity contribution in [2.24, 2.45) is 0 Å². The van der Waals surface area contributed by atoms with E-state index in [4.69, 9.17) is 11.6 Å². The van der Waals surface area contributed by atoms with Gasteiger partial charge in [0.05, 0.1) is 0 Å². The van der Waals surface area contributed by atoms with E-state index in [0.29, 0.717) is 6.04 Å². The lowest BCUT2D eigenvalue weighted by Gasteiger charge is -2.33. The van der Waals surface area contributed by atoms with Crippen LogP contribution in [0.2, 0.25) is 5.02 Å². The number of hydrogen-bond acceptors (Lipinski definition) is 4. The molecule has 4 rings (SSSR count). The lowest BCUT2D eigenvalue weighted by atomic mass is 10.0. The van der Waals surface area contributed by atoms with Gasteiger partial charge in [0.15, 0.2) is 5.82 Å². The fourth-order valence-electron chi connectivity index (χ4n) is 3.55. The van der Waals surface area contributed by atoms with Crippen LogP contribution in [0.4, 0.5) is 5.82 Å². The molecule has 1 N–H and O–H groups in total. The number of hydrogen-bond donors (Lipinski definition) is 1. The number of nitrogens with one attached hydrogen (secondary N) is 1. The van der Waals surface area contributed by atoms with Gasteiger partial charge >= 0.3 is 0 Å². The minimum absolute atomic E-state index is 0.505. The molecule has 1 aliphatic rings. The first kappa shape index (κ1) is 16.3. The monoisotopic (exact) mass is 352 g/mol. The number of nitrogens with zero attached hydrogens (tertiary/aromatic N) is 3. The molecule has 3 aromatic rings. The van der Waals surface area contributed by atoms with E-state index < -0.39 is 0 Å². The van der Waals surface area contributed by atoms with Crippen LogP contribution in [0.1, 0.15) is 12.8 Å². The number of rotatable bonds is 3. The van der Waals surface area contributed by atoms with Gasteiger partial charge in [-0.05, 0) is 32.0 Å². The summed E-state index contributed by atoms with van der Waals surface area (Å²) in [5.74, 6) is 0.980. The summed E-state index contributed by atoms with van der Waals surface area (Å²) in [5, 5.41) is 15.6. The number of aromatic nitrogens is 2. The molecule has 1 saturated heterocycles. The van der Waals surface area contributed by atoms with Crippen molar-refractivity contribution in [3.8, 4) is 11.3 Å². The van der Waals surface area contributed by atoms with E-state index in [1.807, 2.05) is 31.3 Å². The van der Waals surface area contributed by atoms with E-state index in [9.17, 15) is 0 Å². The van der Waals surface area contributed by atoms with Gasteiger partial charge in [0.2, 0.25) is 0 Å². The van der Waals surface area contributed by atoms with Gasteiger partial charge in [0.1, 0.15) is 5.69 Å². The highest BCUT2D eigenvalue weighted by Gasteiger charge is 2.22. The highest BCUT2D eigenvalue weighted by atomic mass is 35.5. The Morgan fingerprint density at radius 1 is 1.04 bits per heavy atom. The molecule has 2 aromatic carbocycles. The maximum Gasteiger partial charge on any atom is 0.159 e. The molecule has 0 bridgehead atoms. The highest BCUT2D eigenvalue weighted by Crippen LogP contribution is 2.32. The first-order valence-corrected chi connectivity index (χ1v) is 9.07. The van der Waals surface area contributed by atoms with Gasteiger partial charge in [-0.3, -0.25) is 0 Å². The van der Waals surface area contributed by atoms with Gasteiger partial charge < -0.3 is 10.2 Å². The van der Waals surface area contributed by atoms with Gasteiger partial charge in [-0.25, -0.2) is 0 Å². The zero-order chi connectivity index (χ0) is 17.2. The third-order valence-corrected chi connectivity index (χ3v) is 5.17. The lowest BCUT2D eigenvalue weighted by Crippen LogP contribution is -2.44. The molecule has 4 nitrogen and oxygen atoms in total. The van der Waals surface area contributed by atoms with E-state index >= 15 is 0 Å². The fraction of sp³-hybridized carbons (Fsp3) is 0.300. The average Bonchev–Trinajstić information content (AvgIpc) is 2.68. The van der Waals surface area contributed by atoms with Gasteiger partial charge in [-0.2, -0.15) is 0 Å². The molecule has 1 unspecified atom stereocenters. The Balaban J connectivity index is 1.80. The summed E-state index contributed by atoms with van der Waals surface area (Å²) >= 11 is 6.02. The van der Waals surface area contributed by atoms with E-state index in [0.717, 1.165) is 46.0 Å². The van der Waals surface area contributed by atoms with Crippen LogP contribution in [0.25, 0.3) is 22.0 Å². The normalized spacial score (nSPS) is 17.8. The summed E-state index contributed by atoms with van der Waals surface area (Å²) in [6.45, 7) is 1.99. The molecular weight excluding hydrogens is 332 g/mol. The summed E-state index contributed by atoms with van der Waals surface area (Å²) < 4.78 is 0. The SMILES string of the molecule is CNC1CCCN(c2nnc(-c3ccc(Cl)cc3)c3ccccc23)C1. The van der Waals surface area contributed by atoms with Crippen LogP contribution in [0, 0.1) is 0 Å². The number of piperidine rings is 1. The van der Waals surface area contributed by atoms with Gasteiger partial charge in [0.25, 0.3) is 0 Å². The molecule has 1 aromatic heterocycles. The second kappa shape index (κ2) is 6.98. The van der Waals surface area contributed by atoms with Crippen LogP contribution in [-0.4, -0.2) is 36.4 Å². The minimum atomic E-state index is 0.505. The first-order valence-electron chi connectivity index (χ1n) is 8.70. The first-order chi connectivity index (χ1) is 12.3. The summed E-state index contributed by atoms with van der Waals surface area (Å²) in [6, 6.07) is 16.7. The third kappa shape index (κ3) is 3.20. The van der Waals surface area contributed by atoms with Gasteiger partial charge in [0, 0.05) is 40.5 Å². The molecule has 0 aliphatic carbocycles. The van der Waals surface area contributed by atoms with Gasteiger partial charge in [-0.15, -0.1) is 10.2 Å². The van der Waals surface area contributed by atoms with Crippen LogP contribution < -0.4 is 10.2 Å². The van der Waals surface area contributed by atoms with E-state index in [-0.39, 0.29) is 0 Å². The van der Waals surface area contributed by atoms with Crippen LogP contribution in [0.3, 0.4) is 0 Å². The summed E-state index contributed by atoms with van der Waals surface area (Å²) in [4.78, 5) is 2.35. The van der Waals surface area contributed by atoms with E-state index in [1.165, 1.54) is 12.8 Å². The molecule has 1 atom stereocenters. The molecule has 0 radical (unpaired) electrons. The van der Waals surface area contributed by atoms with Gasteiger partial charge in [-0.1, -0.05) is 48.0 Å². The Morgan fingerprint density at radius 2 is 1.80 bits per heavy atom. The van der Waals surface area contributed by atoms with Crippen molar-refractivity contribution in [1.29, 1.82) is 0 Å². The maximum absolute atomic E-state index is 6.02. The number of likely N-dealkylation sites (N-methyl/N-ethyl adjacent to an activating group) is 1. The van der Waals surface area contributed by atoms with Crippen LogP contribution in [0.5, 0.6) is 0 Å². The number of halogens is 1. The standard InChI is InChI=1S/C20H21ClN4/c1-22-16-5-4-12-25(13-16)20-18-7-3-2-6-17(18)19(23-24-20)14-8-10-15(21)11-9-14/h2-3,6-11,16,22H,4-5,12-13H2,1H3. The van der Waals surface area contributed by atoms with Crippen molar-refractivity contribution in [3.63, 3.8) is 0 Å².